The van der Waals surface area contributed by atoms with Gasteiger partial charge in [0.05, 0.1) is 6.61 Å². The van der Waals surface area contributed by atoms with Crippen LogP contribution in [0.15, 0.2) is 18.3 Å². The zero-order chi connectivity index (χ0) is 17.8. The van der Waals surface area contributed by atoms with Crippen LogP contribution < -0.4 is 10.1 Å². The Bertz CT molecular complexity index is 608. The van der Waals surface area contributed by atoms with E-state index in [9.17, 15) is 4.79 Å². The van der Waals surface area contributed by atoms with Crippen molar-refractivity contribution in [2.45, 2.75) is 63.6 Å². The summed E-state index contributed by atoms with van der Waals surface area (Å²) in [4.78, 5) is 19.0. The van der Waals surface area contributed by atoms with Crippen molar-refractivity contribution in [3.8, 4) is 5.88 Å². The highest BCUT2D eigenvalue weighted by Crippen LogP contribution is 2.29. The van der Waals surface area contributed by atoms with Gasteiger partial charge in [-0.3, -0.25) is 0 Å². The summed E-state index contributed by atoms with van der Waals surface area (Å²) in [7, 11) is 0. The Balaban J connectivity index is 1.29. The average Bonchev–Trinajstić information content (AvgIpc) is 3.12. The second-order valence-corrected chi connectivity index (χ2v) is 7.80. The number of hydrogen-bond acceptors (Lipinski definition) is 4. The third-order valence-corrected chi connectivity index (χ3v) is 5.56. The van der Waals surface area contributed by atoms with Crippen LogP contribution in [0.25, 0.3) is 0 Å². The molecule has 3 fully saturated rings. The topological polar surface area (TPSA) is 63.7 Å². The maximum absolute atomic E-state index is 12.7. The summed E-state index contributed by atoms with van der Waals surface area (Å²) < 4.78 is 11.4. The monoisotopic (exact) mass is 359 g/mol. The van der Waals surface area contributed by atoms with Crippen molar-refractivity contribution in [3.63, 3.8) is 0 Å². The number of hydrogen-bond donors (Lipinski definition) is 1. The van der Waals surface area contributed by atoms with Gasteiger partial charge in [0, 0.05) is 43.9 Å². The van der Waals surface area contributed by atoms with Crippen LogP contribution in [0.3, 0.4) is 0 Å². The molecule has 2 heterocycles. The van der Waals surface area contributed by atoms with E-state index in [0.29, 0.717) is 30.5 Å². The van der Waals surface area contributed by atoms with Gasteiger partial charge in [0.25, 0.3) is 0 Å². The lowest BCUT2D eigenvalue weighted by atomic mass is 10.1. The van der Waals surface area contributed by atoms with Gasteiger partial charge in [-0.1, -0.05) is 0 Å². The van der Waals surface area contributed by atoms with E-state index in [4.69, 9.17) is 9.47 Å². The molecule has 1 atom stereocenters. The van der Waals surface area contributed by atoms with Crippen LogP contribution in [-0.4, -0.2) is 47.8 Å². The summed E-state index contributed by atoms with van der Waals surface area (Å²) >= 11 is 0. The first-order chi connectivity index (χ1) is 12.8. The standard InChI is InChI=1S/C20H29N3O3/c24-20(23(17-5-6-17)13-16-8-10-25-14-16)22-12-15-7-9-21-19(11-15)26-18-3-1-2-4-18/h7,9,11,16-18H,1-6,8,10,12-14H2,(H,22,24). The molecular formula is C20H29N3O3. The molecule has 1 N–H and O–H groups in total. The van der Waals surface area contributed by atoms with Crippen LogP contribution in [0.2, 0.25) is 0 Å². The molecule has 1 aromatic rings. The highest BCUT2D eigenvalue weighted by Gasteiger charge is 2.34. The molecule has 0 radical (unpaired) electrons. The normalized spacial score (nSPS) is 23.2. The summed E-state index contributed by atoms with van der Waals surface area (Å²) in [5, 5.41) is 3.08. The molecule has 3 aliphatic rings. The van der Waals surface area contributed by atoms with Crippen molar-refractivity contribution in [1.82, 2.24) is 15.2 Å². The first-order valence-corrected chi connectivity index (χ1v) is 10.0. The summed E-state index contributed by atoms with van der Waals surface area (Å²) in [6.45, 7) is 2.92. The quantitative estimate of drug-likeness (QED) is 0.812. The number of urea groups is 1. The highest BCUT2D eigenvalue weighted by atomic mass is 16.5. The summed E-state index contributed by atoms with van der Waals surface area (Å²) in [6.07, 6.45) is 10.1. The van der Waals surface area contributed by atoms with E-state index < -0.39 is 0 Å². The van der Waals surface area contributed by atoms with Crippen molar-refractivity contribution >= 4 is 6.03 Å². The number of rotatable bonds is 7. The fraction of sp³-hybridized carbons (Fsp3) is 0.700. The number of amides is 2. The second-order valence-electron chi connectivity index (χ2n) is 7.80. The lowest BCUT2D eigenvalue weighted by molar-refractivity contribution is 0.162. The smallest absolute Gasteiger partial charge is 0.317 e. The lowest BCUT2D eigenvalue weighted by Gasteiger charge is -2.25. The molecule has 1 aliphatic heterocycles. The number of ether oxygens (including phenoxy) is 2. The molecule has 0 bridgehead atoms. The van der Waals surface area contributed by atoms with Crippen LogP contribution in [-0.2, 0) is 11.3 Å². The Labute approximate surface area is 155 Å². The van der Waals surface area contributed by atoms with Gasteiger partial charge < -0.3 is 19.7 Å². The minimum absolute atomic E-state index is 0.0365. The van der Waals surface area contributed by atoms with E-state index in [1.54, 1.807) is 6.20 Å². The number of carbonyl (C=O) groups excluding carboxylic acids is 1. The zero-order valence-electron chi connectivity index (χ0n) is 15.4. The largest absolute Gasteiger partial charge is 0.474 e. The predicted octanol–water partition coefficient (Wildman–Crippen LogP) is 3.11. The molecule has 2 amide bonds. The Kier molecular flexibility index (Phi) is 5.58. The molecule has 6 heteroatoms. The van der Waals surface area contributed by atoms with Crippen molar-refractivity contribution in [1.29, 1.82) is 0 Å². The molecule has 1 saturated heterocycles. The number of nitrogens with one attached hydrogen (secondary N) is 1. The minimum atomic E-state index is 0.0365. The summed E-state index contributed by atoms with van der Waals surface area (Å²) in [6, 6.07) is 4.34. The predicted molar refractivity (Wildman–Crippen MR) is 98.0 cm³/mol. The molecule has 2 aliphatic carbocycles. The fourth-order valence-corrected chi connectivity index (χ4v) is 3.87. The maximum atomic E-state index is 12.7. The molecule has 4 rings (SSSR count). The van der Waals surface area contributed by atoms with Gasteiger partial charge in [0.15, 0.2) is 0 Å². The SMILES string of the molecule is O=C(NCc1ccnc(OC2CCCC2)c1)N(CC1CCOC1)C1CC1. The molecule has 1 aromatic heterocycles. The third-order valence-electron chi connectivity index (χ3n) is 5.56. The van der Waals surface area contributed by atoms with Gasteiger partial charge in [0.1, 0.15) is 6.10 Å². The van der Waals surface area contributed by atoms with E-state index in [-0.39, 0.29) is 6.03 Å². The van der Waals surface area contributed by atoms with E-state index in [0.717, 1.165) is 57.4 Å². The van der Waals surface area contributed by atoms with Gasteiger partial charge in [-0.15, -0.1) is 0 Å². The van der Waals surface area contributed by atoms with E-state index in [2.05, 4.69) is 10.3 Å². The Morgan fingerprint density at radius 2 is 2.12 bits per heavy atom. The third kappa shape index (κ3) is 4.67. The van der Waals surface area contributed by atoms with Crippen LogP contribution in [0.4, 0.5) is 4.79 Å². The first kappa shape index (κ1) is 17.6. The number of pyridine rings is 1. The van der Waals surface area contributed by atoms with Gasteiger partial charge in [-0.05, 0) is 56.6 Å². The second kappa shape index (κ2) is 8.25. The Hall–Kier alpha value is -1.82. The molecule has 26 heavy (non-hydrogen) atoms. The number of nitrogens with zero attached hydrogens (tertiary/aromatic N) is 2. The van der Waals surface area contributed by atoms with Crippen LogP contribution in [0.1, 0.15) is 50.5 Å². The summed E-state index contributed by atoms with van der Waals surface area (Å²) in [5.74, 6) is 1.15. The average molecular weight is 359 g/mol. The lowest BCUT2D eigenvalue weighted by Crippen LogP contribution is -2.43. The van der Waals surface area contributed by atoms with Gasteiger partial charge in [0.2, 0.25) is 5.88 Å². The van der Waals surface area contributed by atoms with E-state index >= 15 is 0 Å². The number of aromatic nitrogens is 1. The van der Waals surface area contributed by atoms with E-state index in [1.165, 1.54) is 12.8 Å². The molecule has 1 unspecified atom stereocenters. The fourth-order valence-electron chi connectivity index (χ4n) is 3.87. The number of carbonyl (C=O) groups is 1. The molecule has 6 nitrogen and oxygen atoms in total. The Morgan fingerprint density at radius 3 is 2.85 bits per heavy atom. The highest BCUT2D eigenvalue weighted by molar-refractivity contribution is 5.75. The van der Waals surface area contributed by atoms with Gasteiger partial charge >= 0.3 is 6.03 Å². The maximum Gasteiger partial charge on any atom is 0.317 e. The van der Waals surface area contributed by atoms with Crippen LogP contribution >= 0.6 is 0 Å². The molecule has 2 saturated carbocycles. The van der Waals surface area contributed by atoms with Gasteiger partial charge in [-0.2, -0.15) is 0 Å². The molecular weight excluding hydrogens is 330 g/mol. The van der Waals surface area contributed by atoms with Crippen LogP contribution in [0, 0.1) is 5.92 Å². The first-order valence-electron chi connectivity index (χ1n) is 10.0. The molecule has 142 valence electrons. The molecule has 0 aromatic carbocycles. The van der Waals surface area contributed by atoms with Crippen molar-refractivity contribution in [2.75, 3.05) is 19.8 Å². The van der Waals surface area contributed by atoms with E-state index in [1.807, 2.05) is 17.0 Å². The van der Waals surface area contributed by atoms with Crippen molar-refractivity contribution in [3.05, 3.63) is 23.9 Å². The van der Waals surface area contributed by atoms with Gasteiger partial charge in [-0.25, -0.2) is 9.78 Å². The zero-order valence-corrected chi connectivity index (χ0v) is 15.4. The van der Waals surface area contributed by atoms with Crippen molar-refractivity contribution < 1.29 is 14.3 Å². The Morgan fingerprint density at radius 1 is 1.27 bits per heavy atom. The summed E-state index contributed by atoms with van der Waals surface area (Å²) in [5.41, 5.74) is 1.03. The van der Waals surface area contributed by atoms with Crippen molar-refractivity contribution in [2.24, 2.45) is 5.92 Å². The van der Waals surface area contributed by atoms with Crippen LogP contribution in [0.5, 0.6) is 5.88 Å². The molecule has 0 spiro atoms. The minimum Gasteiger partial charge on any atom is -0.474 e.